The number of benzene rings is 2. The van der Waals surface area contributed by atoms with Crippen LogP contribution >= 0.6 is 0 Å². The molecule has 0 spiro atoms. The Morgan fingerprint density at radius 2 is 1.80 bits per heavy atom. The Balaban J connectivity index is 1.23. The molecule has 3 fully saturated rings. The zero-order valence-electron chi connectivity index (χ0n) is 30.3. The van der Waals surface area contributed by atoms with Crippen LogP contribution in [0.3, 0.4) is 0 Å². The molecule has 0 bridgehead atoms. The second-order valence-corrected chi connectivity index (χ2v) is 17.5. The van der Waals surface area contributed by atoms with Crippen molar-refractivity contribution in [2.24, 2.45) is 5.92 Å². The second-order valence-electron chi connectivity index (χ2n) is 15.3. The molecule has 7 rings (SSSR count). The molecule has 300 valence electrons. The van der Waals surface area contributed by atoms with Gasteiger partial charge in [-0.1, -0.05) is 43.2 Å². The van der Waals surface area contributed by atoms with E-state index in [4.69, 9.17) is 4.74 Å². The molecule has 13 nitrogen and oxygen atoms in total. The average molecular weight is 804 g/mol. The van der Waals surface area contributed by atoms with Crippen LogP contribution in [0.2, 0.25) is 0 Å². The minimum Gasteiger partial charge on any atom is -0.472 e. The van der Waals surface area contributed by atoms with E-state index in [0.717, 1.165) is 4.90 Å². The van der Waals surface area contributed by atoms with E-state index in [1.807, 2.05) is 5.32 Å². The molecule has 1 saturated heterocycles. The number of halogens is 4. The average Bonchev–Trinajstić information content (AvgIpc) is 4.02. The van der Waals surface area contributed by atoms with Gasteiger partial charge in [-0.15, -0.1) is 0 Å². The fourth-order valence-corrected chi connectivity index (χ4v) is 8.80. The van der Waals surface area contributed by atoms with E-state index in [2.05, 4.69) is 15.0 Å². The van der Waals surface area contributed by atoms with Crippen molar-refractivity contribution in [3.63, 3.8) is 0 Å². The summed E-state index contributed by atoms with van der Waals surface area (Å²) in [5, 5.41) is 16.3. The van der Waals surface area contributed by atoms with Crippen molar-refractivity contribution in [2.45, 2.75) is 105 Å². The Morgan fingerprint density at radius 1 is 1.07 bits per heavy atom. The molecule has 56 heavy (non-hydrogen) atoms. The Labute approximate surface area is 319 Å². The van der Waals surface area contributed by atoms with Crippen LogP contribution < -0.4 is 20.1 Å². The number of carbonyl (C=O) groups excluding carboxylic acids is 4. The van der Waals surface area contributed by atoms with E-state index in [0.29, 0.717) is 48.3 Å². The van der Waals surface area contributed by atoms with Crippen LogP contribution in [0.4, 0.5) is 17.6 Å². The molecule has 2 saturated carbocycles. The van der Waals surface area contributed by atoms with E-state index in [1.165, 1.54) is 19.1 Å². The third-order valence-electron chi connectivity index (χ3n) is 11.3. The number of amides is 4. The standard InChI is InChI=1S/C38H41F4N5O8S/c1-36(15-16-36)56(53,54)46-35(52)37-19-21(37)9-5-3-2-4-6-12-27(43-32(50)30(48)38(40,41)42)34(51)47-20-23(18-29(47)31(49)45-37)55-33-26-11-8-7-10-24(26)25-14-13-22(39)17-28(25)44-33/h5,7-11,13-14,17,21,23,27,29-30,48H,2-4,6,12,15-16,18-20H2,1H3,(H,43,50)(H,45,49)(H,46,52)/b9-5-/t21-,23-,27+,29+,30+,37-/m1/s1. The Kier molecular flexibility index (Phi) is 10.3. The lowest BCUT2D eigenvalue weighted by Crippen LogP contribution is -2.59. The number of sulfonamides is 1. The van der Waals surface area contributed by atoms with Gasteiger partial charge in [0.25, 0.3) is 11.8 Å². The van der Waals surface area contributed by atoms with Gasteiger partial charge in [-0.25, -0.2) is 17.8 Å². The smallest absolute Gasteiger partial charge is 0.423 e. The highest BCUT2D eigenvalue weighted by molar-refractivity contribution is 7.91. The molecule has 18 heteroatoms. The number of aromatic nitrogens is 1. The lowest BCUT2D eigenvalue weighted by atomic mass is 10.0. The zero-order chi connectivity index (χ0) is 40.2. The number of carbonyl (C=O) groups is 4. The number of nitrogens with zero attached hydrogens (tertiary/aromatic N) is 2. The van der Waals surface area contributed by atoms with Gasteiger partial charge >= 0.3 is 6.18 Å². The van der Waals surface area contributed by atoms with Crippen molar-refractivity contribution in [1.29, 1.82) is 0 Å². The van der Waals surface area contributed by atoms with Crippen LogP contribution in [-0.2, 0) is 29.2 Å². The number of allylic oxidation sites excluding steroid dienone is 1. The number of rotatable bonds is 7. The number of aliphatic hydroxyl groups excluding tert-OH is 1. The number of pyridine rings is 1. The highest BCUT2D eigenvalue weighted by atomic mass is 32.2. The first kappa shape index (κ1) is 39.4. The van der Waals surface area contributed by atoms with Crippen molar-refractivity contribution in [1.82, 2.24) is 25.2 Å². The maximum absolute atomic E-state index is 14.3. The summed E-state index contributed by atoms with van der Waals surface area (Å²) in [7, 11) is -4.10. The summed E-state index contributed by atoms with van der Waals surface area (Å²) in [4.78, 5) is 60.7. The molecule has 3 heterocycles. The number of nitrogens with one attached hydrogen (secondary N) is 3. The van der Waals surface area contributed by atoms with Gasteiger partial charge in [-0.3, -0.25) is 23.9 Å². The molecule has 2 aromatic carbocycles. The Hall–Kier alpha value is -4.84. The Morgan fingerprint density at radius 3 is 2.52 bits per heavy atom. The number of hydrogen-bond donors (Lipinski definition) is 4. The molecule has 3 aromatic rings. The van der Waals surface area contributed by atoms with Crippen LogP contribution in [-0.4, -0.2) is 94.3 Å². The Bertz CT molecular complexity index is 2230. The summed E-state index contributed by atoms with van der Waals surface area (Å²) >= 11 is 0. The predicted molar refractivity (Wildman–Crippen MR) is 194 cm³/mol. The van der Waals surface area contributed by atoms with Crippen molar-refractivity contribution in [3.8, 4) is 5.88 Å². The number of hydrogen-bond acceptors (Lipinski definition) is 9. The van der Waals surface area contributed by atoms with E-state index < -0.39 is 86.1 Å². The van der Waals surface area contributed by atoms with Crippen LogP contribution in [0.15, 0.2) is 54.6 Å². The molecule has 4 amide bonds. The van der Waals surface area contributed by atoms with Gasteiger partial charge in [-0.2, -0.15) is 13.2 Å². The van der Waals surface area contributed by atoms with E-state index in [1.54, 1.807) is 42.5 Å². The van der Waals surface area contributed by atoms with E-state index in [-0.39, 0.29) is 43.6 Å². The number of aliphatic hydroxyl groups is 1. The molecule has 2 aliphatic heterocycles. The van der Waals surface area contributed by atoms with Crippen molar-refractivity contribution >= 4 is 55.3 Å². The topological polar surface area (TPSA) is 184 Å². The summed E-state index contributed by atoms with van der Waals surface area (Å²) in [5.74, 6) is -5.65. The first-order valence-electron chi connectivity index (χ1n) is 18.5. The van der Waals surface area contributed by atoms with Crippen molar-refractivity contribution < 1.29 is 55.0 Å². The fourth-order valence-electron chi connectivity index (χ4n) is 7.49. The summed E-state index contributed by atoms with van der Waals surface area (Å²) in [6, 6.07) is 8.11. The molecule has 0 radical (unpaired) electrons. The third-order valence-corrected chi connectivity index (χ3v) is 13.4. The van der Waals surface area contributed by atoms with Gasteiger partial charge < -0.3 is 25.4 Å². The second kappa shape index (κ2) is 14.6. The lowest BCUT2D eigenvalue weighted by molar-refractivity contribution is -0.205. The van der Waals surface area contributed by atoms with Crippen molar-refractivity contribution in [2.75, 3.05) is 6.54 Å². The molecule has 0 unspecified atom stereocenters. The van der Waals surface area contributed by atoms with Crippen LogP contribution in [0.5, 0.6) is 5.88 Å². The first-order valence-corrected chi connectivity index (χ1v) is 20.0. The van der Waals surface area contributed by atoms with Crippen LogP contribution in [0.25, 0.3) is 21.7 Å². The maximum atomic E-state index is 14.3. The monoisotopic (exact) mass is 803 g/mol. The minimum absolute atomic E-state index is 0.0551. The largest absolute Gasteiger partial charge is 0.472 e. The summed E-state index contributed by atoms with van der Waals surface area (Å²) in [5.41, 5.74) is -1.42. The molecular formula is C38H41F4N5O8S. The van der Waals surface area contributed by atoms with Gasteiger partial charge in [0.2, 0.25) is 33.8 Å². The zero-order valence-corrected chi connectivity index (χ0v) is 31.1. The summed E-state index contributed by atoms with van der Waals surface area (Å²) in [6.07, 6.45) is -3.89. The quantitative estimate of drug-likeness (QED) is 0.157. The normalized spacial score (nSPS) is 27.9. The van der Waals surface area contributed by atoms with E-state index >= 15 is 0 Å². The number of ether oxygens (including phenoxy) is 1. The molecule has 4 N–H and O–H groups in total. The van der Waals surface area contributed by atoms with Gasteiger partial charge in [0.1, 0.15) is 29.5 Å². The van der Waals surface area contributed by atoms with E-state index in [9.17, 15) is 50.3 Å². The first-order chi connectivity index (χ1) is 26.4. The highest BCUT2D eigenvalue weighted by Gasteiger charge is 2.63. The fraction of sp³-hybridized carbons (Fsp3) is 0.500. The molecule has 2 aliphatic carbocycles. The van der Waals surface area contributed by atoms with Gasteiger partial charge in [0.05, 0.1) is 16.8 Å². The lowest BCUT2D eigenvalue weighted by Gasteiger charge is -2.30. The maximum Gasteiger partial charge on any atom is 0.423 e. The van der Waals surface area contributed by atoms with Gasteiger partial charge in [-0.05, 0) is 69.0 Å². The summed E-state index contributed by atoms with van der Waals surface area (Å²) < 4.78 is 87.8. The van der Waals surface area contributed by atoms with Gasteiger partial charge in [0.15, 0.2) is 0 Å². The highest BCUT2D eigenvalue weighted by Crippen LogP contribution is 2.47. The number of alkyl halides is 3. The van der Waals surface area contributed by atoms with Crippen LogP contribution in [0.1, 0.15) is 64.7 Å². The predicted octanol–water partition coefficient (Wildman–Crippen LogP) is 3.68. The summed E-state index contributed by atoms with van der Waals surface area (Å²) in [6.45, 7) is 1.19. The van der Waals surface area contributed by atoms with Crippen LogP contribution in [0, 0.1) is 11.7 Å². The molecule has 6 atom stereocenters. The minimum atomic E-state index is -5.31. The van der Waals surface area contributed by atoms with Crippen molar-refractivity contribution in [3.05, 3.63) is 60.4 Å². The number of fused-ring (bicyclic) bond motifs is 5. The SMILES string of the molecule is CC1(S(=O)(=O)NC(=O)[C@@]23C[C@H]2/C=C\CCCCC[C@H](NC(=O)[C@H](O)C(F)(F)F)C(=O)N2C[C@H](Oc4nc5cc(F)ccc5c5ccccc45)C[C@H]2C(=O)N3)CC1. The molecular weight excluding hydrogens is 763 g/mol. The van der Waals surface area contributed by atoms with Gasteiger partial charge in [0, 0.05) is 29.2 Å². The molecule has 4 aliphatic rings. The molecule has 1 aromatic heterocycles. The third kappa shape index (κ3) is 7.64.